The molecule has 1 fully saturated rings. The predicted molar refractivity (Wildman–Crippen MR) is 97.1 cm³/mol. The number of piperidine rings is 1. The van der Waals surface area contributed by atoms with Crippen LogP contribution in [0.15, 0.2) is 17.4 Å². The Labute approximate surface area is 145 Å². The standard InChI is InChI=1S/C17H23N3OS2/c1-4-13-8-14-16(18-10-19-17(14)23-13)22-9-15(21)20-11(2)6-5-7-12(20)3/h8,10-12H,4-7,9H2,1-3H3. The Kier molecular flexibility index (Phi) is 5.21. The Morgan fingerprint density at radius 3 is 2.78 bits per heavy atom. The lowest BCUT2D eigenvalue weighted by atomic mass is 9.98. The van der Waals surface area contributed by atoms with E-state index in [4.69, 9.17) is 0 Å². The fourth-order valence-electron chi connectivity index (χ4n) is 3.29. The number of hydrogen-bond acceptors (Lipinski definition) is 5. The van der Waals surface area contributed by atoms with Crippen LogP contribution < -0.4 is 0 Å². The zero-order chi connectivity index (χ0) is 16.4. The van der Waals surface area contributed by atoms with Gasteiger partial charge >= 0.3 is 0 Å². The maximum absolute atomic E-state index is 12.7. The van der Waals surface area contributed by atoms with E-state index in [-0.39, 0.29) is 5.91 Å². The molecule has 0 aromatic carbocycles. The fourth-order valence-corrected chi connectivity index (χ4v) is 5.13. The lowest BCUT2D eigenvalue weighted by Gasteiger charge is -2.39. The molecule has 23 heavy (non-hydrogen) atoms. The van der Waals surface area contributed by atoms with Crippen molar-refractivity contribution in [2.24, 2.45) is 0 Å². The molecule has 1 aliphatic rings. The lowest BCUT2D eigenvalue weighted by Crippen LogP contribution is -2.48. The molecule has 124 valence electrons. The summed E-state index contributed by atoms with van der Waals surface area (Å²) in [5.74, 6) is 0.686. The first-order chi connectivity index (χ1) is 11.1. The Hall–Kier alpha value is -1.14. The summed E-state index contributed by atoms with van der Waals surface area (Å²) >= 11 is 3.26. The number of thiophene rings is 1. The highest BCUT2D eigenvalue weighted by atomic mass is 32.2. The van der Waals surface area contributed by atoms with Crippen LogP contribution in [0.4, 0.5) is 0 Å². The number of likely N-dealkylation sites (tertiary alicyclic amines) is 1. The molecular weight excluding hydrogens is 326 g/mol. The predicted octanol–water partition coefficient (Wildman–Crippen LogP) is 4.14. The van der Waals surface area contributed by atoms with Crippen LogP contribution >= 0.6 is 23.1 Å². The monoisotopic (exact) mass is 349 g/mol. The van der Waals surface area contributed by atoms with Gasteiger partial charge in [0.1, 0.15) is 16.2 Å². The van der Waals surface area contributed by atoms with Gasteiger partial charge in [0.2, 0.25) is 5.91 Å². The molecule has 0 spiro atoms. The summed E-state index contributed by atoms with van der Waals surface area (Å²) in [5.41, 5.74) is 0. The van der Waals surface area contributed by atoms with Crippen molar-refractivity contribution < 1.29 is 4.79 Å². The van der Waals surface area contributed by atoms with E-state index in [9.17, 15) is 4.79 Å². The van der Waals surface area contributed by atoms with E-state index >= 15 is 0 Å². The zero-order valence-electron chi connectivity index (χ0n) is 13.9. The molecule has 0 N–H and O–H groups in total. The van der Waals surface area contributed by atoms with Crippen molar-refractivity contribution in [3.8, 4) is 0 Å². The van der Waals surface area contributed by atoms with Crippen LogP contribution in [-0.4, -0.2) is 38.6 Å². The first-order valence-corrected chi connectivity index (χ1v) is 10.1. The van der Waals surface area contributed by atoms with Crippen molar-refractivity contribution in [2.45, 2.75) is 63.6 Å². The normalized spacial score (nSPS) is 21.8. The van der Waals surface area contributed by atoms with Crippen molar-refractivity contribution in [1.82, 2.24) is 14.9 Å². The van der Waals surface area contributed by atoms with Gasteiger partial charge in [0.05, 0.1) is 5.75 Å². The highest BCUT2D eigenvalue weighted by Gasteiger charge is 2.28. The number of amides is 1. The number of thioether (sulfide) groups is 1. The maximum atomic E-state index is 12.7. The summed E-state index contributed by atoms with van der Waals surface area (Å²) in [4.78, 5) is 25.8. The van der Waals surface area contributed by atoms with Crippen LogP contribution in [0.5, 0.6) is 0 Å². The molecule has 2 atom stereocenters. The quantitative estimate of drug-likeness (QED) is 0.615. The van der Waals surface area contributed by atoms with E-state index in [0.717, 1.165) is 34.5 Å². The Morgan fingerprint density at radius 2 is 2.09 bits per heavy atom. The number of rotatable bonds is 4. The summed E-state index contributed by atoms with van der Waals surface area (Å²) in [7, 11) is 0. The minimum atomic E-state index is 0.229. The lowest BCUT2D eigenvalue weighted by molar-refractivity contribution is -0.134. The number of hydrogen-bond donors (Lipinski definition) is 0. The third-order valence-corrected chi connectivity index (χ3v) is 6.68. The number of carbonyl (C=O) groups excluding carboxylic acids is 1. The minimum absolute atomic E-state index is 0.229. The van der Waals surface area contributed by atoms with Crippen LogP contribution in [0.25, 0.3) is 10.2 Å². The summed E-state index contributed by atoms with van der Waals surface area (Å²) in [5, 5.41) is 2.02. The van der Waals surface area contributed by atoms with Crippen molar-refractivity contribution in [1.29, 1.82) is 0 Å². The van der Waals surface area contributed by atoms with Gasteiger partial charge in [-0.2, -0.15) is 0 Å². The molecule has 0 bridgehead atoms. The third-order valence-electron chi connectivity index (χ3n) is 4.51. The van der Waals surface area contributed by atoms with Gasteiger partial charge in [-0.1, -0.05) is 18.7 Å². The molecule has 2 unspecified atom stereocenters. The number of nitrogens with zero attached hydrogens (tertiary/aromatic N) is 3. The second-order valence-electron chi connectivity index (χ2n) is 6.18. The molecule has 0 radical (unpaired) electrons. The number of fused-ring (bicyclic) bond motifs is 1. The van der Waals surface area contributed by atoms with Crippen molar-refractivity contribution in [2.75, 3.05) is 5.75 Å². The SMILES string of the molecule is CCc1cc2c(SCC(=O)N3C(C)CCCC3C)ncnc2s1. The van der Waals surface area contributed by atoms with Crippen molar-refractivity contribution in [3.05, 3.63) is 17.3 Å². The average molecular weight is 350 g/mol. The highest BCUT2D eigenvalue weighted by Crippen LogP contribution is 2.31. The van der Waals surface area contributed by atoms with Gasteiger partial charge in [0, 0.05) is 22.3 Å². The van der Waals surface area contributed by atoms with E-state index in [1.54, 1.807) is 29.4 Å². The molecule has 1 aliphatic heterocycles. The minimum Gasteiger partial charge on any atom is -0.337 e. The second-order valence-corrected chi connectivity index (χ2v) is 8.26. The van der Waals surface area contributed by atoms with Crippen LogP contribution in [0, 0.1) is 0 Å². The molecular formula is C17H23N3OS2. The summed E-state index contributed by atoms with van der Waals surface area (Å²) in [6, 6.07) is 2.87. The molecule has 0 saturated carbocycles. The molecule has 0 aliphatic carbocycles. The Balaban J connectivity index is 1.72. The topological polar surface area (TPSA) is 46.1 Å². The largest absolute Gasteiger partial charge is 0.337 e. The zero-order valence-corrected chi connectivity index (χ0v) is 15.5. The average Bonchev–Trinajstić information content (AvgIpc) is 2.96. The van der Waals surface area contributed by atoms with E-state index in [1.165, 1.54) is 11.3 Å². The van der Waals surface area contributed by atoms with Crippen LogP contribution in [0.3, 0.4) is 0 Å². The van der Waals surface area contributed by atoms with E-state index in [0.29, 0.717) is 17.8 Å². The van der Waals surface area contributed by atoms with Gasteiger partial charge in [-0.15, -0.1) is 11.3 Å². The van der Waals surface area contributed by atoms with Gasteiger partial charge in [-0.05, 0) is 45.6 Å². The summed E-state index contributed by atoms with van der Waals surface area (Å²) in [6.45, 7) is 6.47. The highest BCUT2D eigenvalue weighted by molar-refractivity contribution is 8.00. The van der Waals surface area contributed by atoms with E-state index in [2.05, 4.69) is 41.7 Å². The van der Waals surface area contributed by atoms with Gasteiger partial charge in [0.25, 0.3) is 0 Å². The molecule has 4 nitrogen and oxygen atoms in total. The molecule has 2 aromatic heterocycles. The summed E-state index contributed by atoms with van der Waals surface area (Å²) in [6.07, 6.45) is 6.07. The van der Waals surface area contributed by atoms with Crippen LogP contribution in [0.1, 0.15) is 44.9 Å². The number of carbonyl (C=O) groups is 1. The maximum Gasteiger partial charge on any atom is 0.233 e. The molecule has 1 amide bonds. The molecule has 1 saturated heterocycles. The van der Waals surface area contributed by atoms with Gasteiger partial charge in [0.15, 0.2) is 0 Å². The molecule has 6 heteroatoms. The third kappa shape index (κ3) is 3.53. The summed E-state index contributed by atoms with van der Waals surface area (Å²) < 4.78 is 0. The second kappa shape index (κ2) is 7.18. The van der Waals surface area contributed by atoms with Gasteiger partial charge in [-0.25, -0.2) is 9.97 Å². The van der Waals surface area contributed by atoms with Gasteiger partial charge < -0.3 is 4.90 Å². The Bertz CT molecular complexity index is 690. The van der Waals surface area contributed by atoms with Crippen LogP contribution in [-0.2, 0) is 11.2 Å². The van der Waals surface area contributed by atoms with Crippen molar-refractivity contribution in [3.63, 3.8) is 0 Å². The number of aryl methyl sites for hydroxylation is 1. The fraction of sp³-hybridized carbons (Fsp3) is 0.588. The molecule has 3 rings (SSSR count). The Morgan fingerprint density at radius 1 is 1.35 bits per heavy atom. The first-order valence-electron chi connectivity index (χ1n) is 8.27. The first kappa shape index (κ1) is 16.7. The molecule has 2 aromatic rings. The van der Waals surface area contributed by atoms with Crippen LogP contribution in [0.2, 0.25) is 0 Å². The molecule has 3 heterocycles. The van der Waals surface area contributed by atoms with E-state index < -0.39 is 0 Å². The van der Waals surface area contributed by atoms with E-state index in [1.807, 2.05) is 0 Å². The van der Waals surface area contributed by atoms with Gasteiger partial charge in [-0.3, -0.25) is 4.79 Å². The van der Waals surface area contributed by atoms with Crippen molar-refractivity contribution >= 4 is 39.2 Å². The number of aromatic nitrogens is 2. The smallest absolute Gasteiger partial charge is 0.233 e.